The van der Waals surface area contributed by atoms with Gasteiger partial charge in [-0.1, -0.05) is 6.07 Å². The van der Waals surface area contributed by atoms with Crippen molar-refractivity contribution in [3.05, 3.63) is 53.6 Å². The minimum absolute atomic E-state index is 0.102. The highest BCUT2D eigenvalue weighted by Gasteiger charge is 2.26. The Kier molecular flexibility index (Phi) is 5.51. The van der Waals surface area contributed by atoms with Crippen LogP contribution in [0.25, 0.3) is 0 Å². The van der Waals surface area contributed by atoms with E-state index in [2.05, 4.69) is 5.32 Å². The summed E-state index contributed by atoms with van der Waals surface area (Å²) in [4.78, 5) is 26.5. The largest absolute Gasteiger partial charge is 0.322 e. The topological polar surface area (TPSA) is 86.8 Å². The van der Waals surface area contributed by atoms with Crippen LogP contribution in [-0.4, -0.2) is 39.1 Å². The van der Waals surface area contributed by atoms with Crippen molar-refractivity contribution < 1.29 is 18.0 Å². The lowest BCUT2D eigenvalue weighted by Gasteiger charge is -2.28. The molecule has 2 heterocycles. The van der Waals surface area contributed by atoms with Gasteiger partial charge in [-0.2, -0.15) is 0 Å². The number of nitrogens with zero attached hydrogens (tertiary/aromatic N) is 2. The number of sulfonamides is 1. The Morgan fingerprint density at radius 3 is 2.43 bits per heavy atom. The summed E-state index contributed by atoms with van der Waals surface area (Å²) in [7, 11) is -3.28. The number of amides is 2. The molecule has 2 fully saturated rings. The first-order valence-electron chi connectivity index (χ1n) is 10.2. The maximum atomic E-state index is 12.7. The van der Waals surface area contributed by atoms with E-state index in [0.29, 0.717) is 42.9 Å². The van der Waals surface area contributed by atoms with Crippen LogP contribution in [0.1, 0.15) is 41.6 Å². The van der Waals surface area contributed by atoms with E-state index in [0.717, 1.165) is 24.1 Å². The van der Waals surface area contributed by atoms with Crippen molar-refractivity contribution >= 4 is 38.9 Å². The van der Waals surface area contributed by atoms with Gasteiger partial charge in [-0.3, -0.25) is 13.9 Å². The Morgan fingerprint density at radius 1 is 1.00 bits per heavy atom. The lowest BCUT2D eigenvalue weighted by Crippen LogP contribution is -2.37. The van der Waals surface area contributed by atoms with Crippen LogP contribution in [0.3, 0.4) is 0 Å². The minimum atomic E-state index is -3.28. The Bertz CT molecular complexity index is 1080. The van der Waals surface area contributed by atoms with Crippen molar-refractivity contribution in [1.29, 1.82) is 0 Å². The molecule has 0 atom stereocenters. The van der Waals surface area contributed by atoms with E-state index >= 15 is 0 Å². The molecule has 4 rings (SSSR count). The number of carbonyl (C=O) groups is 2. The zero-order chi connectivity index (χ0) is 21.3. The monoisotopic (exact) mass is 427 g/mol. The summed E-state index contributed by atoms with van der Waals surface area (Å²) in [6.45, 7) is 3.10. The van der Waals surface area contributed by atoms with Gasteiger partial charge < -0.3 is 10.2 Å². The standard InChI is InChI=1S/C22H25N3O4S/c1-16-6-9-18(15-20(16)24-12-4-5-21(24)26)23-22(27)17-7-10-19(11-8-17)25-13-2-3-14-30(25,28)29/h6-11,15H,2-5,12-14H2,1H3,(H,23,27). The first-order valence-corrected chi connectivity index (χ1v) is 11.8. The molecule has 0 saturated carbocycles. The van der Waals surface area contributed by atoms with Crippen LogP contribution in [0.4, 0.5) is 17.1 Å². The second-order valence-electron chi connectivity index (χ2n) is 7.75. The van der Waals surface area contributed by atoms with Gasteiger partial charge in [0.05, 0.1) is 11.4 Å². The highest BCUT2D eigenvalue weighted by Crippen LogP contribution is 2.29. The normalized spacial score (nSPS) is 18.5. The summed E-state index contributed by atoms with van der Waals surface area (Å²) < 4.78 is 25.9. The highest BCUT2D eigenvalue weighted by atomic mass is 32.2. The quantitative estimate of drug-likeness (QED) is 0.811. The van der Waals surface area contributed by atoms with Crippen LogP contribution in [0.5, 0.6) is 0 Å². The van der Waals surface area contributed by atoms with E-state index in [1.807, 2.05) is 25.1 Å². The minimum Gasteiger partial charge on any atom is -0.322 e. The molecular weight excluding hydrogens is 402 g/mol. The first-order chi connectivity index (χ1) is 14.3. The van der Waals surface area contributed by atoms with Gasteiger partial charge in [-0.15, -0.1) is 0 Å². The van der Waals surface area contributed by atoms with Crippen molar-refractivity contribution in [3.8, 4) is 0 Å². The third kappa shape index (κ3) is 4.05. The molecule has 2 aromatic carbocycles. The van der Waals surface area contributed by atoms with E-state index < -0.39 is 10.0 Å². The van der Waals surface area contributed by atoms with Crippen LogP contribution in [-0.2, 0) is 14.8 Å². The highest BCUT2D eigenvalue weighted by molar-refractivity contribution is 7.92. The molecular formula is C22H25N3O4S. The summed E-state index contributed by atoms with van der Waals surface area (Å²) in [6, 6.07) is 12.1. The summed E-state index contributed by atoms with van der Waals surface area (Å²) in [5.41, 5.74) is 3.43. The molecule has 0 aliphatic carbocycles. The SMILES string of the molecule is Cc1ccc(NC(=O)c2ccc(N3CCCCS3(=O)=O)cc2)cc1N1CCCC1=O. The van der Waals surface area contributed by atoms with Gasteiger partial charge in [-0.25, -0.2) is 8.42 Å². The van der Waals surface area contributed by atoms with Gasteiger partial charge in [0.1, 0.15) is 0 Å². The van der Waals surface area contributed by atoms with Crippen molar-refractivity contribution in [2.75, 3.05) is 33.4 Å². The van der Waals surface area contributed by atoms with Crippen LogP contribution < -0.4 is 14.5 Å². The lowest BCUT2D eigenvalue weighted by atomic mass is 10.1. The van der Waals surface area contributed by atoms with Crippen LogP contribution in [0, 0.1) is 6.92 Å². The second-order valence-corrected chi connectivity index (χ2v) is 9.76. The Labute approximate surface area is 176 Å². The molecule has 2 aliphatic heterocycles. The molecule has 1 N–H and O–H groups in total. The van der Waals surface area contributed by atoms with E-state index in [9.17, 15) is 18.0 Å². The molecule has 0 spiro atoms. The zero-order valence-corrected chi connectivity index (χ0v) is 17.7. The zero-order valence-electron chi connectivity index (χ0n) is 16.9. The van der Waals surface area contributed by atoms with Gasteiger partial charge in [0.25, 0.3) is 5.91 Å². The molecule has 7 nitrogen and oxygen atoms in total. The molecule has 0 bridgehead atoms. The number of nitrogens with one attached hydrogen (secondary N) is 1. The van der Waals surface area contributed by atoms with Gasteiger partial charge in [0.15, 0.2) is 0 Å². The fourth-order valence-corrected chi connectivity index (χ4v) is 5.58. The fraction of sp³-hybridized carbons (Fsp3) is 0.364. The van der Waals surface area contributed by atoms with E-state index in [1.165, 1.54) is 4.31 Å². The van der Waals surface area contributed by atoms with Crippen LogP contribution in [0.2, 0.25) is 0 Å². The molecule has 2 aromatic rings. The third-order valence-electron chi connectivity index (χ3n) is 5.60. The van der Waals surface area contributed by atoms with Gasteiger partial charge in [-0.05, 0) is 68.1 Å². The maximum absolute atomic E-state index is 12.7. The molecule has 2 amide bonds. The number of hydrogen-bond donors (Lipinski definition) is 1. The van der Waals surface area contributed by atoms with Crippen molar-refractivity contribution in [2.45, 2.75) is 32.6 Å². The summed E-state index contributed by atoms with van der Waals surface area (Å²) in [5, 5.41) is 2.87. The maximum Gasteiger partial charge on any atom is 0.255 e. The molecule has 2 saturated heterocycles. The summed E-state index contributed by atoms with van der Waals surface area (Å²) >= 11 is 0. The van der Waals surface area contributed by atoms with Crippen molar-refractivity contribution in [2.24, 2.45) is 0 Å². The van der Waals surface area contributed by atoms with Gasteiger partial charge in [0, 0.05) is 36.4 Å². The number of benzene rings is 2. The summed E-state index contributed by atoms with van der Waals surface area (Å²) in [6.07, 6.45) is 2.90. The van der Waals surface area contributed by atoms with Crippen molar-refractivity contribution in [1.82, 2.24) is 0 Å². The van der Waals surface area contributed by atoms with E-state index in [1.54, 1.807) is 29.2 Å². The molecule has 0 radical (unpaired) electrons. The van der Waals surface area contributed by atoms with Crippen molar-refractivity contribution in [3.63, 3.8) is 0 Å². The van der Waals surface area contributed by atoms with Gasteiger partial charge in [0.2, 0.25) is 15.9 Å². The van der Waals surface area contributed by atoms with Crippen LogP contribution >= 0.6 is 0 Å². The Balaban J connectivity index is 1.50. The molecule has 8 heteroatoms. The van der Waals surface area contributed by atoms with E-state index in [4.69, 9.17) is 0 Å². The average molecular weight is 428 g/mol. The average Bonchev–Trinajstić information content (AvgIpc) is 3.15. The van der Waals surface area contributed by atoms with Gasteiger partial charge >= 0.3 is 0 Å². The second kappa shape index (κ2) is 8.10. The summed E-state index contributed by atoms with van der Waals surface area (Å²) in [5.74, 6) is -0.0275. The number of hydrogen-bond acceptors (Lipinski definition) is 4. The third-order valence-corrected chi connectivity index (χ3v) is 7.47. The van der Waals surface area contributed by atoms with Crippen LogP contribution in [0.15, 0.2) is 42.5 Å². The number of rotatable bonds is 4. The number of aryl methyl sites for hydroxylation is 1. The molecule has 0 aromatic heterocycles. The first kappa shape index (κ1) is 20.4. The molecule has 0 unspecified atom stereocenters. The predicted molar refractivity (Wildman–Crippen MR) is 118 cm³/mol. The number of carbonyl (C=O) groups excluding carboxylic acids is 2. The Morgan fingerprint density at radius 2 is 1.77 bits per heavy atom. The molecule has 2 aliphatic rings. The molecule has 158 valence electrons. The van der Waals surface area contributed by atoms with E-state index in [-0.39, 0.29) is 17.6 Å². The number of anilines is 3. The smallest absolute Gasteiger partial charge is 0.255 e. The Hall–Kier alpha value is -2.87. The predicted octanol–water partition coefficient (Wildman–Crippen LogP) is 3.30. The molecule has 30 heavy (non-hydrogen) atoms. The fourth-order valence-electron chi connectivity index (χ4n) is 3.94. The lowest BCUT2D eigenvalue weighted by molar-refractivity contribution is -0.117.